The van der Waals surface area contributed by atoms with E-state index < -0.39 is 36.8 Å². The lowest BCUT2D eigenvalue weighted by molar-refractivity contribution is -0.105. The number of aliphatic hydroxyl groups excluding tert-OH is 5. The van der Waals surface area contributed by atoms with Crippen LogP contribution in [0.3, 0.4) is 0 Å². The van der Waals surface area contributed by atoms with Crippen molar-refractivity contribution in [3.63, 3.8) is 0 Å². The number of benzene rings is 1. The van der Waals surface area contributed by atoms with Gasteiger partial charge in [0.1, 0.15) is 24.4 Å². The van der Waals surface area contributed by atoms with Crippen LogP contribution in [0, 0.1) is 0 Å². The van der Waals surface area contributed by atoms with Gasteiger partial charge in [-0.3, -0.25) is 4.79 Å². The van der Waals surface area contributed by atoms with Crippen LogP contribution < -0.4 is 0 Å². The third-order valence-corrected chi connectivity index (χ3v) is 2.58. The van der Waals surface area contributed by atoms with Crippen LogP contribution in [-0.2, 0) is 0 Å². The minimum absolute atomic E-state index is 0.176. The Bertz CT molecular complexity index is 379. The highest BCUT2D eigenvalue weighted by Gasteiger charge is 2.34. The van der Waals surface area contributed by atoms with Gasteiger partial charge in [-0.15, -0.1) is 0 Å². The van der Waals surface area contributed by atoms with E-state index in [1.165, 1.54) is 12.1 Å². The molecule has 0 saturated carbocycles. The van der Waals surface area contributed by atoms with Crippen molar-refractivity contribution in [2.45, 2.75) is 24.4 Å². The maximum Gasteiger partial charge on any atom is 0.194 e. The molecule has 0 aliphatic heterocycles. The summed E-state index contributed by atoms with van der Waals surface area (Å²) in [6.07, 6.45) is -7.18. The Morgan fingerprint density at radius 2 is 1.56 bits per heavy atom. The molecule has 0 heterocycles. The molecule has 6 nitrogen and oxygen atoms in total. The summed E-state index contributed by atoms with van der Waals surface area (Å²) >= 11 is 0. The van der Waals surface area contributed by atoms with E-state index in [0.717, 1.165) is 0 Å². The van der Waals surface area contributed by atoms with Crippen molar-refractivity contribution in [1.82, 2.24) is 0 Å². The van der Waals surface area contributed by atoms with Crippen LogP contribution >= 0.6 is 0 Å². The lowest BCUT2D eigenvalue weighted by atomic mass is 9.97. The number of hydrogen-bond acceptors (Lipinski definition) is 6. The van der Waals surface area contributed by atoms with Gasteiger partial charge in [0.25, 0.3) is 0 Å². The highest BCUT2D eigenvalue weighted by molar-refractivity contribution is 5.99. The minimum atomic E-state index is -1.88. The number of rotatable bonds is 6. The summed E-state index contributed by atoms with van der Waals surface area (Å²) in [6, 6.07) is 7.76. The van der Waals surface area contributed by atoms with Crippen molar-refractivity contribution in [3.8, 4) is 0 Å². The molecule has 4 atom stereocenters. The van der Waals surface area contributed by atoms with Gasteiger partial charge in [0.15, 0.2) is 5.78 Å². The second-order valence-corrected chi connectivity index (χ2v) is 3.91. The van der Waals surface area contributed by atoms with Crippen LogP contribution in [0.25, 0.3) is 0 Å². The maximum absolute atomic E-state index is 11.7. The Hall–Kier alpha value is -1.31. The van der Waals surface area contributed by atoms with Crippen LogP contribution in [0.5, 0.6) is 0 Å². The molecule has 0 spiro atoms. The quantitative estimate of drug-likeness (QED) is 0.387. The molecular weight excluding hydrogens is 240 g/mol. The predicted molar refractivity (Wildman–Crippen MR) is 61.9 cm³/mol. The lowest BCUT2D eigenvalue weighted by Gasteiger charge is -2.24. The molecule has 18 heavy (non-hydrogen) atoms. The van der Waals surface area contributed by atoms with Crippen LogP contribution in [-0.4, -0.2) is 62.3 Å². The number of aliphatic hydroxyl groups is 5. The number of Topliss-reactive ketones (excluding diaryl/α,β-unsaturated/α-hetero) is 1. The van der Waals surface area contributed by atoms with Crippen molar-refractivity contribution in [2.75, 3.05) is 6.61 Å². The van der Waals surface area contributed by atoms with Gasteiger partial charge in [0, 0.05) is 5.56 Å². The predicted octanol–water partition coefficient (Wildman–Crippen LogP) is -1.69. The summed E-state index contributed by atoms with van der Waals surface area (Å²) in [7, 11) is 0. The molecule has 6 heteroatoms. The maximum atomic E-state index is 11.7. The topological polar surface area (TPSA) is 118 Å². The smallest absolute Gasteiger partial charge is 0.194 e. The molecule has 0 aliphatic carbocycles. The van der Waals surface area contributed by atoms with Gasteiger partial charge in [0.05, 0.1) is 6.61 Å². The second kappa shape index (κ2) is 6.58. The van der Waals surface area contributed by atoms with Crippen LogP contribution in [0.2, 0.25) is 0 Å². The van der Waals surface area contributed by atoms with E-state index in [4.69, 9.17) is 10.2 Å². The van der Waals surface area contributed by atoms with Gasteiger partial charge >= 0.3 is 0 Å². The first-order valence-electron chi connectivity index (χ1n) is 5.41. The molecular formula is C12H16O6. The molecule has 0 fully saturated rings. The van der Waals surface area contributed by atoms with Gasteiger partial charge in [-0.25, -0.2) is 0 Å². The minimum Gasteiger partial charge on any atom is -0.394 e. The Morgan fingerprint density at radius 1 is 1.00 bits per heavy atom. The second-order valence-electron chi connectivity index (χ2n) is 3.91. The average Bonchev–Trinajstić information content (AvgIpc) is 2.44. The SMILES string of the molecule is O=C(c1ccccc1)C(O)C(O)C(O)C(O)CO. The zero-order chi connectivity index (χ0) is 13.7. The molecule has 1 aromatic carbocycles. The molecule has 5 N–H and O–H groups in total. The highest BCUT2D eigenvalue weighted by Crippen LogP contribution is 2.11. The Balaban J connectivity index is 2.75. The number of carbonyl (C=O) groups excluding carboxylic acids is 1. The molecule has 0 saturated heterocycles. The van der Waals surface area contributed by atoms with Crippen LogP contribution in [0.15, 0.2) is 30.3 Å². The fourth-order valence-corrected chi connectivity index (χ4v) is 1.45. The van der Waals surface area contributed by atoms with Gasteiger partial charge in [-0.2, -0.15) is 0 Å². The molecule has 1 aromatic rings. The molecule has 100 valence electrons. The normalized spacial score (nSPS) is 17.8. The third kappa shape index (κ3) is 3.34. The van der Waals surface area contributed by atoms with Gasteiger partial charge in [0.2, 0.25) is 0 Å². The van der Waals surface area contributed by atoms with Crippen molar-refractivity contribution in [3.05, 3.63) is 35.9 Å². The third-order valence-electron chi connectivity index (χ3n) is 2.58. The first kappa shape index (κ1) is 14.7. The van der Waals surface area contributed by atoms with Gasteiger partial charge in [-0.1, -0.05) is 30.3 Å². The van der Waals surface area contributed by atoms with Gasteiger partial charge < -0.3 is 25.5 Å². The number of carbonyl (C=O) groups is 1. The first-order valence-corrected chi connectivity index (χ1v) is 5.41. The largest absolute Gasteiger partial charge is 0.394 e. The lowest BCUT2D eigenvalue weighted by Crippen LogP contribution is -2.48. The molecule has 0 aliphatic rings. The summed E-state index contributed by atoms with van der Waals surface area (Å²) in [5.41, 5.74) is 0.176. The zero-order valence-electron chi connectivity index (χ0n) is 9.55. The van der Waals surface area contributed by atoms with E-state index >= 15 is 0 Å². The van der Waals surface area contributed by atoms with Crippen LogP contribution in [0.4, 0.5) is 0 Å². The summed E-state index contributed by atoms with van der Waals surface area (Å²) in [5.74, 6) is -0.771. The van der Waals surface area contributed by atoms with Crippen molar-refractivity contribution in [1.29, 1.82) is 0 Å². The summed E-state index contributed by atoms with van der Waals surface area (Å²) in [4.78, 5) is 11.7. The van der Waals surface area contributed by atoms with Crippen molar-refractivity contribution >= 4 is 5.78 Å². The standard InChI is InChI=1S/C12H16O6/c13-6-8(14)10(16)12(18)11(17)9(15)7-4-2-1-3-5-7/h1-5,8,10-14,16-18H,6H2. The molecule has 0 aromatic heterocycles. The van der Waals surface area contributed by atoms with Crippen molar-refractivity contribution < 1.29 is 30.3 Å². The van der Waals surface area contributed by atoms with Crippen LogP contribution in [0.1, 0.15) is 10.4 Å². The van der Waals surface area contributed by atoms with Gasteiger partial charge in [-0.05, 0) is 0 Å². The van der Waals surface area contributed by atoms with E-state index in [-0.39, 0.29) is 5.56 Å². The highest BCUT2D eigenvalue weighted by atomic mass is 16.4. The van der Waals surface area contributed by atoms with E-state index in [0.29, 0.717) is 0 Å². The molecule has 1 rings (SSSR count). The summed E-state index contributed by atoms with van der Waals surface area (Å²) in [5, 5.41) is 46.2. The number of ketones is 1. The Kier molecular flexibility index (Phi) is 5.39. The van der Waals surface area contributed by atoms with Crippen molar-refractivity contribution in [2.24, 2.45) is 0 Å². The fraction of sp³-hybridized carbons (Fsp3) is 0.417. The average molecular weight is 256 g/mol. The van der Waals surface area contributed by atoms with E-state index in [9.17, 15) is 20.1 Å². The Labute approximate surface area is 104 Å². The molecule has 0 bridgehead atoms. The Morgan fingerprint density at radius 3 is 2.06 bits per heavy atom. The van der Waals surface area contributed by atoms with E-state index in [2.05, 4.69) is 0 Å². The fourth-order valence-electron chi connectivity index (χ4n) is 1.45. The van der Waals surface area contributed by atoms with E-state index in [1.807, 2.05) is 0 Å². The molecule has 0 radical (unpaired) electrons. The summed E-state index contributed by atoms with van der Waals surface area (Å²) < 4.78 is 0. The molecule has 4 unspecified atom stereocenters. The summed E-state index contributed by atoms with van der Waals surface area (Å²) in [6.45, 7) is -0.787. The van der Waals surface area contributed by atoms with E-state index in [1.54, 1.807) is 18.2 Å². The molecule has 0 amide bonds. The monoisotopic (exact) mass is 256 g/mol. The first-order chi connectivity index (χ1) is 8.49. The zero-order valence-corrected chi connectivity index (χ0v) is 9.55. The number of hydrogen-bond donors (Lipinski definition) is 5.